The van der Waals surface area contributed by atoms with Crippen LogP contribution in [0.1, 0.15) is 27.3 Å². The fraction of sp³-hybridized carbons (Fsp3) is 0.167. The Morgan fingerprint density at radius 1 is 1.04 bits per heavy atom. The molecule has 1 amide bonds. The van der Waals surface area contributed by atoms with Crippen LogP contribution in [0.15, 0.2) is 42.6 Å². The molecule has 1 aromatic carbocycles. The molecule has 1 N–H and O–H groups in total. The van der Waals surface area contributed by atoms with Gasteiger partial charge < -0.3 is 0 Å². The first-order valence-corrected chi connectivity index (χ1v) is 8.15. The van der Waals surface area contributed by atoms with Crippen molar-refractivity contribution in [2.24, 2.45) is 0 Å². The van der Waals surface area contributed by atoms with E-state index in [0.717, 1.165) is 16.8 Å². The molecule has 0 aliphatic rings. The summed E-state index contributed by atoms with van der Waals surface area (Å²) in [5.74, 6) is -0.0391. The first kappa shape index (κ1) is 15.9. The molecule has 26 heavy (non-hydrogen) atoms. The Labute approximate surface area is 149 Å². The van der Waals surface area contributed by atoms with E-state index in [1.807, 2.05) is 44.2 Å². The summed E-state index contributed by atoms with van der Waals surface area (Å²) in [6.45, 7) is 5.77. The van der Waals surface area contributed by atoms with Crippen LogP contribution < -0.4 is 5.32 Å². The quantitative estimate of drug-likeness (QED) is 0.615. The third kappa shape index (κ3) is 2.71. The zero-order valence-electron chi connectivity index (χ0n) is 14.6. The predicted molar refractivity (Wildman–Crippen MR) is 96.5 cm³/mol. The number of aryl methyl sites for hydroxylation is 3. The molecule has 8 heteroatoms. The Morgan fingerprint density at radius 3 is 2.69 bits per heavy atom. The van der Waals surface area contributed by atoms with Gasteiger partial charge in [0.05, 0.1) is 11.4 Å². The van der Waals surface area contributed by atoms with E-state index in [9.17, 15) is 4.79 Å². The second kappa shape index (κ2) is 6.07. The van der Waals surface area contributed by atoms with Gasteiger partial charge in [0.25, 0.3) is 5.91 Å². The van der Waals surface area contributed by atoms with Crippen molar-refractivity contribution in [2.45, 2.75) is 20.8 Å². The fourth-order valence-electron chi connectivity index (χ4n) is 2.81. The number of fused-ring (bicyclic) bond motifs is 1. The van der Waals surface area contributed by atoms with Gasteiger partial charge in [-0.3, -0.25) is 14.5 Å². The molecule has 0 spiro atoms. The van der Waals surface area contributed by atoms with E-state index in [-0.39, 0.29) is 11.6 Å². The third-order valence-corrected chi connectivity index (χ3v) is 4.10. The average Bonchev–Trinajstić information content (AvgIpc) is 3.19. The molecule has 0 fully saturated rings. The molecule has 0 aliphatic carbocycles. The van der Waals surface area contributed by atoms with Gasteiger partial charge in [-0.25, -0.2) is 0 Å². The van der Waals surface area contributed by atoms with Gasteiger partial charge in [-0.1, -0.05) is 23.8 Å². The maximum absolute atomic E-state index is 12.7. The summed E-state index contributed by atoms with van der Waals surface area (Å²) in [5.41, 5.74) is 4.47. The summed E-state index contributed by atoms with van der Waals surface area (Å²) in [5, 5.41) is 19.5. The average molecular weight is 347 g/mol. The van der Waals surface area contributed by atoms with Gasteiger partial charge in [-0.05, 0) is 44.5 Å². The summed E-state index contributed by atoms with van der Waals surface area (Å²) in [6, 6.07) is 11.5. The second-order valence-electron chi connectivity index (χ2n) is 6.12. The number of hydrogen-bond donors (Lipinski definition) is 1. The lowest BCUT2D eigenvalue weighted by Crippen LogP contribution is -2.16. The SMILES string of the molecule is Cc1ccc(-n2nc(C)c(C(=O)Nc3nnc4ccccn34)n2)c(C)c1. The number of anilines is 1. The van der Waals surface area contributed by atoms with Gasteiger partial charge in [0.15, 0.2) is 11.3 Å². The van der Waals surface area contributed by atoms with Crippen molar-refractivity contribution in [3.63, 3.8) is 0 Å². The Morgan fingerprint density at radius 2 is 1.88 bits per heavy atom. The van der Waals surface area contributed by atoms with Crippen LogP contribution in [0.3, 0.4) is 0 Å². The number of rotatable bonds is 3. The minimum atomic E-state index is -0.378. The molecule has 3 aromatic heterocycles. The number of carbonyl (C=O) groups is 1. The molecule has 8 nitrogen and oxygen atoms in total. The lowest BCUT2D eigenvalue weighted by Gasteiger charge is -2.05. The predicted octanol–water partition coefficient (Wildman–Crippen LogP) is 2.49. The van der Waals surface area contributed by atoms with Crippen molar-refractivity contribution in [3.8, 4) is 5.69 Å². The highest BCUT2D eigenvalue weighted by Crippen LogP contribution is 2.16. The Hall–Kier alpha value is -3.55. The number of benzene rings is 1. The monoisotopic (exact) mass is 347 g/mol. The fourth-order valence-corrected chi connectivity index (χ4v) is 2.81. The molecule has 0 aliphatic heterocycles. The Balaban J connectivity index is 1.65. The zero-order chi connectivity index (χ0) is 18.3. The van der Waals surface area contributed by atoms with Crippen molar-refractivity contribution in [2.75, 3.05) is 5.32 Å². The van der Waals surface area contributed by atoms with E-state index >= 15 is 0 Å². The van der Waals surface area contributed by atoms with Crippen LogP contribution in [0.4, 0.5) is 5.95 Å². The van der Waals surface area contributed by atoms with Crippen LogP contribution >= 0.6 is 0 Å². The van der Waals surface area contributed by atoms with E-state index in [1.54, 1.807) is 17.5 Å². The first-order chi connectivity index (χ1) is 12.5. The van der Waals surface area contributed by atoms with Gasteiger partial charge >= 0.3 is 0 Å². The van der Waals surface area contributed by atoms with E-state index < -0.39 is 0 Å². The topological polar surface area (TPSA) is 90.0 Å². The van der Waals surface area contributed by atoms with Crippen molar-refractivity contribution in [1.29, 1.82) is 0 Å². The standard InChI is InChI=1S/C18H17N7O/c1-11-7-8-14(12(2)10-11)25-22-13(3)16(23-25)17(26)19-18-21-20-15-6-4-5-9-24(15)18/h4-10H,1-3H3,(H,19,21,26). The molecule has 4 rings (SSSR count). The number of nitrogens with one attached hydrogen (secondary N) is 1. The second-order valence-corrected chi connectivity index (χ2v) is 6.12. The van der Waals surface area contributed by atoms with E-state index in [0.29, 0.717) is 17.3 Å². The molecule has 130 valence electrons. The van der Waals surface area contributed by atoms with Gasteiger partial charge in [0.1, 0.15) is 0 Å². The number of nitrogens with zero attached hydrogens (tertiary/aromatic N) is 6. The highest BCUT2D eigenvalue weighted by atomic mass is 16.2. The van der Waals surface area contributed by atoms with Crippen LogP contribution in [-0.2, 0) is 0 Å². The highest BCUT2D eigenvalue weighted by Gasteiger charge is 2.19. The number of aromatic nitrogens is 6. The minimum Gasteiger partial charge on any atom is -0.289 e. The highest BCUT2D eigenvalue weighted by molar-refractivity contribution is 6.02. The first-order valence-electron chi connectivity index (χ1n) is 8.15. The van der Waals surface area contributed by atoms with Gasteiger partial charge in [-0.2, -0.15) is 9.90 Å². The molecule has 0 unspecified atom stereocenters. The van der Waals surface area contributed by atoms with Crippen molar-refractivity contribution >= 4 is 17.5 Å². The third-order valence-electron chi connectivity index (χ3n) is 4.10. The number of pyridine rings is 1. The van der Waals surface area contributed by atoms with Gasteiger partial charge in [-0.15, -0.1) is 15.3 Å². The number of amides is 1. The van der Waals surface area contributed by atoms with Crippen LogP contribution in [-0.4, -0.2) is 35.5 Å². The van der Waals surface area contributed by atoms with Gasteiger partial charge in [0.2, 0.25) is 5.95 Å². The molecule has 0 bridgehead atoms. The minimum absolute atomic E-state index is 0.248. The largest absolute Gasteiger partial charge is 0.289 e. The summed E-state index contributed by atoms with van der Waals surface area (Å²) >= 11 is 0. The smallest absolute Gasteiger partial charge is 0.280 e. The van der Waals surface area contributed by atoms with E-state index in [2.05, 4.69) is 31.8 Å². The molecule has 4 aromatic rings. The molecule has 0 radical (unpaired) electrons. The lowest BCUT2D eigenvalue weighted by molar-refractivity contribution is 0.102. The Kier molecular flexibility index (Phi) is 3.72. The maximum atomic E-state index is 12.7. The van der Waals surface area contributed by atoms with Gasteiger partial charge in [0, 0.05) is 6.20 Å². The molecule has 0 atom stereocenters. The molecular weight excluding hydrogens is 330 g/mol. The molecule has 0 saturated heterocycles. The van der Waals surface area contributed by atoms with Crippen molar-refractivity contribution in [1.82, 2.24) is 29.6 Å². The van der Waals surface area contributed by atoms with Crippen molar-refractivity contribution < 1.29 is 4.79 Å². The molecular formula is C18H17N7O. The van der Waals surface area contributed by atoms with E-state index in [1.165, 1.54) is 4.80 Å². The van der Waals surface area contributed by atoms with Crippen LogP contribution in [0.5, 0.6) is 0 Å². The number of carbonyl (C=O) groups excluding carboxylic acids is 1. The van der Waals surface area contributed by atoms with Crippen LogP contribution in [0.2, 0.25) is 0 Å². The summed E-state index contributed by atoms with van der Waals surface area (Å²) in [6.07, 6.45) is 1.78. The van der Waals surface area contributed by atoms with Crippen LogP contribution in [0, 0.1) is 20.8 Å². The Bertz CT molecular complexity index is 1130. The molecule has 3 heterocycles. The summed E-state index contributed by atoms with van der Waals surface area (Å²) in [7, 11) is 0. The van der Waals surface area contributed by atoms with E-state index in [4.69, 9.17) is 0 Å². The summed E-state index contributed by atoms with van der Waals surface area (Å²) < 4.78 is 1.70. The van der Waals surface area contributed by atoms with Crippen molar-refractivity contribution in [3.05, 3.63) is 65.1 Å². The maximum Gasteiger partial charge on any atom is 0.280 e. The zero-order valence-corrected chi connectivity index (χ0v) is 14.6. The summed E-state index contributed by atoms with van der Waals surface area (Å²) in [4.78, 5) is 14.1. The normalized spacial score (nSPS) is 11.0. The number of hydrogen-bond acceptors (Lipinski definition) is 5. The lowest BCUT2D eigenvalue weighted by atomic mass is 10.1. The molecule has 0 saturated carbocycles. The van der Waals surface area contributed by atoms with Crippen LogP contribution in [0.25, 0.3) is 11.3 Å².